The number of nitrogens with zero attached hydrogens (tertiary/aromatic N) is 4. The van der Waals surface area contributed by atoms with Gasteiger partial charge in [-0.2, -0.15) is 0 Å². The van der Waals surface area contributed by atoms with Crippen LogP contribution < -0.4 is 5.73 Å². The van der Waals surface area contributed by atoms with Gasteiger partial charge < -0.3 is 10.3 Å². The number of halogens is 1. The maximum atomic E-state index is 5.89. The van der Waals surface area contributed by atoms with Gasteiger partial charge in [0.1, 0.15) is 12.2 Å². The lowest BCUT2D eigenvalue weighted by Crippen LogP contribution is -2.33. The molecule has 1 aromatic carbocycles. The number of aromatic nitrogens is 3. The quantitative estimate of drug-likeness (QED) is 0.857. The summed E-state index contributed by atoms with van der Waals surface area (Å²) in [6.45, 7) is 3.70. The second-order valence-electron chi connectivity index (χ2n) is 4.51. The molecule has 0 amide bonds. The first-order valence-corrected chi connectivity index (χ1v) is 6.64. The van der Waals surface area contributed by atoms with Gasteiger partial charge in [-0.1, -0.05) is 6.07 Å². The van der Waals surface area contributed by atoms with Crippen LogP contribution in [-0.2, 0) is 19.6 Å². The summed E-state index contributed by atoms with van der Waals surface area (Å²) in [4.78, 5) is 2.35. The topological polar surface area (TPSA) is 60.0 Å². The summed E-state index contributed by atoms with van der Waals surface area (Å²) in [6, 6.07) is 6.11. The molecule has 0 bridgehead atoms. The number of nitrogen functional groups attached to an aromatic ring is 1. The SMILES string of the molecule is Nc1cc(CN2CCn3cnnc3C2)ccc1Br. The summed E-state index contributed by atoms with van der Waals surface area (Å²) in [5, 5.41) is 8.05. The van der Waals surface area contributed by atoms with Crippen LogP contribution in [0.15, 0.2) is 29.0 Å². The molecule has 6 heteroatoms. The zero-order valence-corrected chi connectivity index (χ0v) is 11.5. The van der Waals surface area contributed by atoms with E-state index < -0.39 is 0 Å². The molecule has 5 nitrogen and oxygen atoms in total. The van der Waals surface area contributed by atoms with E-state index >= 15 is 0 Å². The van der Waals surface area contributed by atoms with E-state index in [1.54, 1.807) is 6.33 Å². The van der Waals surface area contributed by atoms with Crippen molar-refractivity contribution < 1.29 is 0 Å². The lowest BCUT2D eigenvalue weighted by Gasteiger charge is -2.26. The highest BCUT2D eigenvalue weighted by Crippen LogP contribution is 2.22. The Labute approximate surface area is 114 Å². The molecule has 0 unspecified atom stereocenters. The van der Waals surface area contributed by atoms with Gasteiger partial charge >= 0.3 is 0 Å². The summed E-state index contributed by atoms with van der Waals surface area (Å²) in [6.07, 6.45) is 1.80. The second-order valence-corrected chi connectivity index (χ2v) is 5.36. The number of rotatable bonds is 2. The number of hydrogen-bond donors (Lipinski definition) is 1. The molecule has 0 radical (unpaired) electrons. The average molecular weight is 308 g/mol. The second kappa shape index (κ2) is 4.70. The van der Waals surface area contributed by atoms with Crippen LogP contribution in [0.2, 0.25) is 0 Å². The van der Waals surface area contributed by atoms with E-state index in [9.17, 15) is 0 Å². The molecule has 1 aromatic heterocycles. The van der Waals surface area contributed by atoms with Crippen LogP contribution in [-0.4, -0.2) is 26.2 Å². The van der Waals surface area contributed by atoms with E-state index in [1.165, 1.54) is 5.56 Å². The minimum absolute atomic E-state index is 0.785. The smallest absolute Gasteiger partial charge is 0.147 e. The molecule has 0 spiro atoms. The first-order chi connectivity index (χ1) is 8.72. The van der Waals surface area contributed by atoms with E-state index in [1.807, 2.05) is 12.1 Å². The Balaban J connectivity index is 1.72. The van der Waals surface area contributed by atoms with Gasteiger partial charge in [0, 0.05) is 29.8 Å². The van der Waals surface area contributed by atoms with Crippen LogP contribution in [0.4, 0.5) is 5.69 Å². The van der Waals surface area contributed by atoms with Gasteiger partial charge in [-0.15, -0.1) is 10.2 Å². The molecule has 2 aromatic rings. The normalized spacial score (nSPS) is 15.6. The summed E-state index contributed by atoms with van der Waals surface area (Å²) >= 11 is 3.41. The van der Waals surface area contributed by atoms with Crippen molar-refractivity contribution in [2.75, 3.05) is 12.3 Å². The van der Waals surface area contributed by atoms with E-state index in [4.69, 9.17) is 5.73 Å². The zero-order valence-electron chi connectivity index (χ0n) is 9.88. The summed E-state index contributed by atoms with van der Waals surface area (Å²) in [5.74, 6) is 1.03. The van der Waals surface area contributed by atoms with E-state index in [0.717, 1.165) is 42.2 Å². The molecule has 18 heavy (non-hydrogen) atoms. The van der Waals surface area contributed by atoms with Gasteiger partial charge in [-0.25, -0.2) is 0 Å². The third-order valence-corrected chi connectivity index (χ3v) is 3.91. The number of benzene rings is 1. The molecule has 0 fully saturated rings. The molecule has 94 valence electrons. The van der Waals surface area contributed by atoms with Gasteiger partial charge in [-0.05, 0) is 33.6 Å². The van der Waals surface area contributed by atoms with Crippen molar-refractivity contribution in [3.05, 3.63) is 40.4 Å². The fraction of sp³-hybridized carbons (Fsp3) is 0.333. The lowest BCUT2D eigenvalue weighted by molar-refractivity contribution is 0.209. The highest BCUT2D eigenvalue weighted by Gasteiger charge is 2.17. The average Bonchev–Trinajstić information content (AvgIpc) is 2.81. The summed E-state index contributed by atoms with van der Waals surface area (Å²) < 4.78 is 3.05. The summed E-state index contributed by atoms with van der Waals surface area (Å²) in [5.41, 5.74) is 7.90. The molecular weight excluding hydrogens is 294 g/mol. The Morgan fingerprint density at radius 3 is 3.06 bits per heavy atom. The van der Waals surface area contributed by atoms with Crippen molar-refractivity contribution >= 4 is 21.6 Å². The maximum Gasteiger partial charge on any atom is 0.147 e. The zero-order chi connectivity index (χ0) is 12.5. The van der Waals surface area contributed by atoms with Gasteiger partial charge in [0.05, 0.1) is 6.54 Å². The fourth-order valence-corrected chi connectivity index (χ4v) is 2.45. The molecule has 1 aliphatic heterocycles. The number of hydrogen-bond acceptors (Lipinski definition) is 4. The van der Waals surface area contributed by atoms with Gasteiger partial charge in [-0.3, -0.25) is 4.90 Å². The monoisotopic (exact) mass is 307 g/mol. The number of nitrogens with two attached hydrogens (primary N) is 1. The molecule has 3 rings (SSSR count). The molecule has 0 aliphatic carbocycles. The minimum atomic E-state index is 0.785. The first kappa shape index (κ1) is 11.7. The predicted octanol–water partition coefficient (Wildman–Crippen LogP) is 1.64. The van der Waals surface area contributed by atoms with Crippen LogP contribution >= 0.6 is 15.9 Å². The third kappa shape index (κ3) is 2.26. The lowest BCUT2D eigenvalue weighted by atomic mass is 10.2. The Hall–Kier alpha value is -1.40. The largest absolute Gasteiger partial charge is 0.398 e. The summed E-state index contributed by atoms with van der Waals surface area (Å²) in [7, 11) is 0. The Kier molecular flexibility index (Phi) is 3.05. The molecule has 0 saturated carbocycles. The highest BCUT2D eigenvalue weighted by atomic mass is 79.9. The van der Waals surface area contributed by atoms with Crippen LogP contribution in [0.1, 0.15) is 11.4 Å². The first-order valence-electron chi connectivity index (χ1n) is 5.85. The van der Waals surface area contributed by atoms with Crippen LogP contribution in [0.25, 0.3) is 0 Å². The van der Waals surface area contributed by atoms with Gasteiger partial charge in [0.2, 0.25) is 0 Å². The standard InChI is InChI=1S/C12H14BrN5/c13-10-2-1-9(5-11(10)14)6-17-3-4-18-8-15-16-12(18)7-17/h1-2,5,8H,3-4,6-7,14H2. The minimum Gasteiger partial charge on any atom is -0.398 e. The van der Waals surface area contributed by atoms with Crippen LogP contribution in [0, 0.1) is 0 Å². The van der Waals surface area contributed by atoms with Crippen molar-refractivity contribution in [3.8, 4) is 0 Å². The molecule has 0 atom stereocenters. The van der Waals surface area contributed by atoms with Crippen LogP contribution in [0.5, 0.6) is 0 Å². The van der Waals surface area contributed by atoms with Crippen LogP contribution in [0.3, 0.4) is 0 Å². The van der Waals surface area contributed by atoms with E-state index in [-0.39, 0.29) is 0 Å². The molecular formula is C12H14BrN5. The fourth-order valence-electron chi connectivity index (χ4n) is 2.20. The Bertz CT molecular complexity index is 565. The van der Waals surface area contributed by atoms with Crippen molar-refractivity contribution in [1.82, 2.24) is 19.7 Å². The predicted molar refractivity (Wildman–Crippen MR) is 72.7 cm³/mol. The molecule has 1 aliphatic rings. The van der Waals surface area contributed by atoms with E-state index in [2.05, 4.69) is 41.7 Å². The van der Waals surface area contributed by atoms with E-state index in [0.29, 0.717) is 0 Å². The van der Waals surface area contributed by atoms with Crippen molar-refractivity contribution in [2.24, 2.45) is 0 Å². The van der Waals surface area contributed by atoms with Gasteiger partial charge in [0.25, 0.3) is 0 Å². The Morgan fingerprint density at radius 1 is 1.33 bits per heavy atom. The molecule has 2 heterocycles. The van der Waals surface area contributed by atoms with Crippen molar-refractivity contribution in [3.63, 3.8) is 0 Å². The number of anilines is 1. The highest BCUT2D eigenvalue weighted by molar-refractivity contribution is 9.10. The Morgan fingerprint density at radius 2 is 2.22 bits per heavy atom. The number of fused-ring (bicyclic) bond motifs is 1. The van der Waals surface area contributed by atoms with Crippen molar-refractivity contribution in [1.29, 1.82) is 0 Å². The molecule has 2 N–H and O–H groups in total. The third-order valence-electron chi connectivity index (χ3n) is 3.18. The van der Waals surface area contributed by atoms with Gasteiger partial charge in [0.15, 0.2) is 0 Å². The molecule has 0 saturated heterocycles. The maximum absolute atomic E-state index is 5.89. The van der Waals surface area contributed by atoms with Crippen molar-refractivity contribution in [2.45, 2.75) is 19.6 Å².